The minimum atomic E-state index is -0.603. The first kappa shape index (κ1) is 11.1. The van der Waals surface area contributed by atoms with Crippen LogP contribution in [0.3, 0.4) is 0 Å². The van der Waals surface area contributed by atoms with Crippen molar-refractivity contribution in [1.29, 1.82) is 0 Å². The highest BCUT2D eigenvalue weighted by molar-refractivity contribution is 4.92. The van der Waals surface area contributed by atoms with Crippen molar-refractivity contribution < 1.29 is 14.4 Å². The molecule has 14 heavy (non-hydrogen) atoms. The van der Waals surface area contributed by atoms with Crippen molar-refractivity contribution in [3.63, 3.8) is 0 Å². The van der Waals surface area contributed by atoms with Gasteiger partial charge in [0, 0.05) is 13.5 Å². The van der Waals surface area contributed by atoms with E-state index in [1.165, 1.54) is 0 Å². The molecule has 1 aromatic heterocycles. The van der Waals surface area contributed by atoms with Crippen LogP contribution in [0, 0.1) is 0 Å². The monoisotopic (exact) mass is 201 g/mol. The van der Waals surface area contributed by atoms with Gasteiger partial charge < -0.3 is 20.1 Å². The van der Waals surface area contributed by atoms with Crippen molar-refractivity contribution >= 4 is 0 Å². The van der Waals surface area contributed by atoms with Crippen molar-refractivity contribution in [2.75, 3.05) is 13.7 Å². The summed E-state index contributed by atoms with van der Waals surface area (Å²) in [5, 5.41) is 12.5. The first-order valence-electron chi connectivity index (χ1n) is 4.39. The molecular weight excluding hydrogens is 186 g/mol. The molecule has 0 saturated heterocycles. The number of nitrogens with zero attached hydrogens (tertiary/aromatic N) is 2. The van der Waals surface area contributed by atoms with Gasteiger partial charge in [-0.3, -0.25) is 0 Å². The van der Waals surface area contributed by atoms with Crippen LogP contribution in [0.1, 0.15) is 24.7 Å². The largest absolute Gasteiger partial charge is 0.394 e. The highest BCUT2D eigenvalue weighted by Gasteiger charge is 2.14. The number of aliphatic hydroxyl groups excluding tert-OH is 1. The molecule has 2 atom stereocenters. The summed E-state index contributed by atoms with van der Waals surface area (Å²) in [5.74, 6) is 0.795. The molecule has 1 unspecified atom stereocenters. The number of aromatic nitrogens is 2. The van der Waals surface area contributed by atoms with E-state index >= 15 is 0 Å². The molecule has 0 aliphatic heterocycles. The molecule has 6 heteroatoms. The highest BCUT2D eigenvalue weighted by Crippen LogP contribution is 2.08. The molecule has 0 amide bonds. The number of nitrogens with two attached hydrogens (primary N) is 1. The molecule has 1 rings (SSSR count). The molecule has 1 aromatic rings. The van der Waals surface area contributed by atoms with E-state index in [0.29, 0.717) is 12.2 Å². The van der Waals surface area contributed by atoms with E-state index in [1.807, 2.05) is 6.92 Å². The van der Waals surface area contributed by atoms with E-state index in [9.17, 15) is 0 Å². The SMILES string of the molecule is COC(C)Cc1noc([C@H](N)CO)n1. The summed E-state index contributed by atoms with van der Waals surface area (Å²) in [4.78, 5) is 4.03. The van der Waals surface area contributed by atoms with Gasteiger partial charge in [-0.2, -0.15) is 4.98 Å². The Balaban J connectivity index is 2.59. The average Bonchev–Trinajstić information content (AvgIpc) is 2.65. The van der Waals surface area contributed by atoms with Crippen molar-refractivity contribution in [2.24, 2.45) is 5.73 Å². The number of hydrogen-bond donors (Lipinski definition) is 2. The summed E-state index contributed by atoms with van der Waals surface area (Å²) in [6.07, 6.45) is 0.601. The molecule has 0 bridgehead atoms. The molecule has 3 N–H and O–H groups in total. The zero-order chi connectivity index (χ0) is 10.6. The second-order valence-electron chi connectivity index (χ2n) is 3.09. The second kappa shape index (κ2) is 5.04. The molecule has 80 valence electrons. The topological polar surface area (TPSA) is 94.4 Å². The minimum absolute atomic E-state index is 0.0331. The summed E-state index contributed by atoms with van der Waals surface area (Å²) in [6, 6.07) is -0.603. The predicted octanol–water partition coefficient (Wildman–Crippen LogP) is -0.361. The maximum absolute atomic E-state index is 8.75. The normalized spacial score (nSPS) is 15.4. The summed E-state index contributed by atoms with van der Waals surface area (Å²) in [7, 11) is 1.62. The lowest BCUT2D eigenvalue weighted by molar-refractivity contribution is 0.116. The van der Waals surface area contributed by atoms with Crippen LogP contribution in [0.5, 0.6) is 0 Å². The first-order valence-corrected chi connectivity index (χ1v) is 4.39. The smallest absolute Gasteiger partial charge is 0.245 e. The Bertz CT molecular complexity index is 277. The molecule has 0 saturated carbocycles. The third kappa shape index (κ3) is 2.76. The Morgan fingerprint density at radius 1 is 1.64 bits per heavy atom. The number of aliphatic hydroxyl groups is 1. The van der Waals surface area contributed by atoms with Crippen molar-refractivity contribution in [1.82, 2.24) is 10.1 Å². The van der Waals surface area contributed by atoms with Crippen molar-refractivity contribution in [3.8, 4) is 0 Å². The van der Waals surface area contributed by atoms with Gasteiger partial charge >= 0.3 is 0 Å². The lowest BCUT2D eigenvalue weighted by Crippen LogP contribution is -2.15. The van der Waals surface area contributed by atoms with Gasteiger partial charge in [-0.25, -0.2) is 0 Å². The van der Waals surface area contributed by atoms with Gasteiger partial charge in [-0.05, 0) is 6.92 Å². The van der Waals surface area contributed by atoms with Crippen LogP contribution in [0.2, 0.25) is 0 Å². The quantitative estimate of drug-likeness (QED) is 0.675. The Morgan fingerprint density at radius 3 is 2.93 bits per heavy atom. The Labute approximate surface area is 82.1 Å². The molecule has 1 heterocycles. The Hall–Kier alpha value is -0.980. The van der Waals surface area contributed by atoms with Gasteiger partial charge in [0.25, 0.3) is 0 Å². The molecule has 0 aliphatic carbocycles. The molecule has 6 nitrogen and oxygen atoms in total. The summed E-state index contributed by atoms with van der Waals surface area (Å²) in [5.41, 5.74) is 5.49. The van der Waals surface area contributed by atoms with Crippen LogP contribution in [0.15, 0.2) is 4.52 Å². The molecule has 0 aromatic carbocycles. The minimum Gasteiger partial charge on any atom is -0.394 e. The number of rotatable bonds is 5. The van der Waals surface area contributed by atoms with E-state index in [4.69, 9.17) is 20.1 Å². The summed E-state index contributed by atoms with van der Waals surface area (Å²) < 4.78 is 9.91. The molecule has 0 radical (unpaired) electrons. The maximum Gasteiger partial charge on any atom is 0.245 e. The third-order valence-corrected chi connectivity index (χ3v) is 1.87. The Kier molecular flexibility index (Phi) is 3.99. The first-order chi connectivity index (χ1) is 6.67. The zero-order valence-corrected chi connectivity index (χ0v) is 8.30. The van der Waals surface area contributed by atoms with Crippen LogP contribution < -0.4 is 5.73 Å². The van der Waals surface area contributed by atoms with Gasteiger partial charge in [0.15, 0.2) is 5.82 Å². The van der Waals surface area contributed by atoms with Gasteiger partial charge in [0.05, 0.1) is 12.7 Å². The van der Waals surface area contributed by atoms with Crippen LogP contribution >= 0.6 is 0 Å². The van der Waals surface area contributed by atoms with Gasteiger partial charge in [-0.1, -0.05) is 5.16 Å². The van der Waals surface area contributed by atoms with E-state index in [-0.39, 0.29) is 18.6 Å². The van der Waals surface area contributed by atoms with Crippen molar-refractivity contribution in [3.05, 3.63) is 11.7 Å². The van der Waals surface area contributed by atoms with Crippen LogP contribution in [0.25, 0.3) is 0 Å². The fraction of sp³-hybridized carbons (Fsp3) is 0.750. The fourth-order valence-electron chi connectivity index (χ4n) is 0.920. The molecular formula is C8H15N3O3. The number of hydrogen-bond acceptors (Lipinski definition) is 6. The highest BCUT2D eigenvalue weighted by atomic mass is 16.5. The number of methoxy groups -OCH3 is 1. The predicted molar refractivity (Wildman–Crippen MR) is 48.5 cm³/mol. The summed E-state index contributed by atoms with van der Waals surface area (Å²) >= 11 is 0. The third-order valence-electron chi connectivity index (χ3n) is 1.87. The van der Waals surface area contributed by atoms with Gasteiger partial charge in [-0.15, -0.1) is 0 Å². The molecule has 0 fully saturated rings. The van der Waals surface area contributed by atoms with Crippen molar-refractivity contribution in [2.45, 2.75) is 25.5 Å². The lowest BCUT2D eigenvalue weighted by Gasteiger charge is -2.04. The van der Waals surface area contributed by atoms with Crippen LogP contribution in [-0.2, 0) is 11.2 Å². The number of ether oxygens (including phenoxy) is 1. The Morgan fingerprint density at radius 2 is 2.36 bits per heavy atom. The average molecular weight is 201 g/mol. The van der Waals surface area contributed by atoms with Crippen LogP contribution in [0.4, 0.5) is 0 Å². The van der Waals surface area contributed by atoms with Crippen LogP contribution in [-0.4, -0.2) is 35.1 Å². The van der Waals surface area contributed by atoms with E-state index in [0.717, 1.165) is 0 Å². The van der Waals surface area contributed by atoms with Gasteiger partial charge in [0.2, 0.25) is 5.89 Å². The van der Waals surface area contributed by atoms with E-state index in [2.05, 4.69) is 10.1 Å². The van der Waals surface area contributed by atoms with Gasteiger partial charge in [0.1, 0.15) is 6.04 Å². The molecule has 0 aliphatic rings. The summed E-state index contributed by atoms with van der Waals surface area (Å²) in [6.45, 7) is 1.70. The fourth-order valence-corrected chi connectivity index (χ4v) is 0.920. The maximum atomic E-state index is 8.75. The molecule has 0 spiro atoms. The second-order valence-corrected chi connectivity index (χ2v) is 3.09. The van der Waals surface area contributed by atoms with E-state index < -0.39 is 6.04 Å². The zero-order valence-electron chi connectivity index (χ0n) is 8.30. The lowest BCUT2D eigenvalue weighted by atomic mass is 10.3. The van der Waals surface area contributed by atoms with E-state index in [1.54, 1.807) is 7.11 Å². The standard InChI is InChI=1S/C8H15N3O3/c1-5(13-2)3-7-10-8(14-11-7)6(9)4-12/h5-6,12H,3-4,9H2,1-2H3/t5?,6-/m1/s1.